The van der Waals surface area contributed by atoms with Gasteiger partial charge in [0, 0.05) is 11.6 Å². The van der Waals surface area contributed by atoms with Gasteiger partial charge in [0.25, 0.3) is 5.91 Å². The Kier molecular flexibility index (Phi) is 2.83. The molecule has 1 saturated carbocycles. The molecule has 2 amide bonds. The molecule has 1 aliphatic carbocycles. The van der Waals surface area contributed by atoms with E-state index in [1.165, 1.54) is 12.1 Å². The molecule has 0 spiro atoms. The lowest BCUT2D eigenvalue weighted by Crippen LogP contribution is -2.17. The van der Waals surface area contributed by atoms with E-state index in [4.69, 9.17) is 5.73 Å². The number of amides is 2. The third kappa shape index (κ3) is 2.43. The quantitative estimate of drug-likeness (QED) is 0.835. The number of primary amides is 1. The first-order valence-corrected chi connectivity index (χ1v) is 5.39. The summed E-state index contributed by atoms with van der Waals surface area (Å²) in [6.07, 6.45) is 0.871. The maximum atomic E-state index is 13.2. The average Bonchev–Trinajstić information content (AvgIpc) is 2.98. The maximum Gasteiger partial charge on any atom is 0.251 e. The Morgan fingerprint density at radius 3 is 2.65 bits per heavy atom. The summed E-state index contributed by atoms with van der Waals surface area (Å²) in [5, 5.41) is 2.64. The number of nitrogens with two attached hydrogens (primary N) is 1. The number of anilines is 1. The summed E-state index contributed by atoms with van der Waals surface area (Å²) in [6, 6.07) is 3.78. The predicted octanol–water partition coefficient (Wildman–Crippen LogP) is 1.52. The van der Waals surface area contributed by atoms with Crippen LogP contribution in [0, 0.1) is 17.7 Å². The molecule has 4 nitrogen and oxygen atoms in total. The van der Waals surface area contributed by atoms with Crippen molar-refractivity contribution in [3.05, 3.63) is 29.6 Å². The Morgan fingerprint density at radius 1 is 1.47 bits per heavy atom. The number of halogens is 1. The van der Waals surface area contributed by atoms with Gasteiger partial charge >= 0.3 is 0 Å². The summed E-state index contributed by atoms with van der Waals surface area (Å²) >= 11 is 0. The molecular weight excluding hydrogens is 223 g/mol. The Balaban J connectivity index is 2.14. The number of carbonyl (C=O) groups excluding carboxylic acids is 2. The van der Waals surface area contributed by atoms with Gasteiger partial charge in [0.1, 0.15) is 5.82 Å². The molecule has 0 radical (unpaired) electrons. The summed E-state index contributed by atoms with van der Waals surface area (Å²) in [5.41, 5.74) is 5.19. The van der Waals surface area contributed by atoms with E-state index in [0.717, 1.165) is 12.5 Å². The molecule has 0 heterocycles. The van der Waals surface area contributed by atoms with Crippen LogP contribution in [0.1, 0.15) is 23.7 Å². The molecule has 17 heavy (non-hydrogen) atoms. The fourth-order valence-electron chi connectivity index (χ4n) is 1.71. The summed E-state index contributed by atoms with van der Waals surface area (Å²) < 4.78 is 13.2. The van der Waals surface area contributed by atoms with Gasteiger partial charge in [-0.15, -0.1) is 0 Å². The molecule has 90 valence electrons. The first kappa shape index (κ1) is 11.6. The second-order valence-electron chi connectivity index (χ2n) is 4.37. The van der Waals surface area contributed by atoms with E-state index in [9.17, 15) is 14.0 Å². The molecule has 2 atom stereocenters. The van der Waals surface area contributed by atoms with Gasteiger partial charge in [0.05, 0.1) is 5.56 Å². The van der Waals surface area contributed by atoms with Crippen molar-refractivity contribution in [2.24, 2.45) is 17.6 Å². The van der Waals surface area contributed by atoms with Crippen LogP contribution in [-0.2, 0) is 4.79 Å². The van der Waals surface area contributed by atoms with E-state index in [0.29, 0.717) is 11.6 Å². The number of hydrogen-bond acceptors (Lipinski definition) is 2. The maximum absolute atomic E-state index is 13.2. The van der Waals surface area contributed by atoms with Crippen LogP contribution in [-0.4, -0.2) is 11.8 Å². The highest BCUT2D eigenvalue weighted by Crippen LogP contribution is 2.38. The first-order chi connectivity index (χ1) is 7.99. The molecule has 0 saturated heterocycles. The van der Waals surface area contributed by atoms with Crippen molar-refractivity contribution in [1.29, 1.82) is 0 Å². The molecule has 0 aliphatic heterocycles. The predicted molar refractivity (Wildman–Crippen MR) is 60.8 cm³/mol. The van der Waals surface area contributed by atoms with E-state index in [1.54, 1.807) is 0 Å². The van der Waals surface area contributed by atoms with Crippen molar-refractivity contribution >= 4 is 17.5 Å². The molecule has 5 heteroatoms. The van der Waals surface area contributed by atoms with Gasteiger partial charge in [-0.3, -0.25) is 9.59 Å². The normalized spacial score (nSPS) is 22.0. The van der Waals surface area contributed by atoms with Crippen LogP contribution in [0.2, 0.25) is 0 Å². The molecule has 3 N–H and O–H groups in total. The van der Waals surface area contributed by atoms with E-state index in [-0.39, 0.29) is 17.4 Å². The highest BCUT2D eigenvalue weighted by atomic mass is 19.1. The second-order valence-corrected chi connectivity index (χ2v) is 4.37. The summed E-state index contributed by atoms with van der Waals surface area (Å²) in [7, 11) is 0. The van der Waals surface area contributed by atoms with Gasteiger partial charge in [-0.1, -0.05) is 6.92 Å². The van der Waals surface area contributed by atoms with Gasteiger partial charge in [-0.25, -0.2) is 4.39 Å². The first-order valence-electron chi connectivity index (χ1n) is 5.39. The molecule has 1 aliphatic rings. The number of nitrogens with one attached hydrogen (secondary N) is 1. The van der Waals surface area contributed by atoms with E-state index >= 15 is 0 Å². The zero-order chi connectivity index (χ0) is 12.6. The zero-order valence-corrected chi connectivity index (χ0v) is 9.37. The number of benzene rings is 1. The van der Waals surface area contributed by atoms with Crippen LogP contribution in [0.3, 0.4) is 0 Å². The van der Waals surface area contributed by atoms with Gasteiger partial charge in [-0.2, -0.15) is 0 Å². The zero-order valence-electron chi connectivity index (χ0n) is 9.37. The number of rotatable bonds is 3. The Labute approximate surface area is 98.0 Å². The summed E-state index contributed by atoms with van der Waals surface area (Å²) in [5.74, 6) is -1.21. The van der Waals surface area contributed by atoms with E-state index < -0.39 is 11.7 Å². The number of carbonyl (C=O) groups is 2. The van der Waals surface area contributed by atoms with E-state index in [1.807, 2.05) is 6.92 Å². The van der Waals surface area contributed by atoms with Crippen LogP contribution in [0.4, 0.5) is 10.1 Å². The van der Waals surface area contributed by atoms with E-state index in [2.05, 4.69) is 5.32 Å². The van der Waals surface area contributed by atoms with Gasteiger partial charge in [0.2, 0.25) is 5.91 Å². The molecule has 0 bridgehead atoms. The average molecular weight is 236 g/mol. The molecule has 1 aromatic carbocycles. The SMILES string of the molecule is C[C@H]1C[C@H]1C(=O)Nc1ccc(F)c(C(N)=O)c1. The third-order valence-electron chi connectivity index (χ3n) is 2.95. The monoisotopic (exact) mass is 236 g/mol. The standard InChI is InChI=1S/C12H13FN2O2/c1-6-4-8(6)12(17)15-7-2-3-10(13)9(5-7)11(14)16/h2-3,5-6,8H,4H2,1H3,(H2,14,16)(H,15,17)/t6-,8+/m0/s1. The number of hydrogen-bond donors (Lipinski definition) is 2. The Morgan fingerprint density at radius 2 is 2.12 bits per heavy atom. The lowest BCUT2D eigenvalue weighted by Gasteiger charge is -2.06. The van der Waals surface area contributed by atoms with Crippen LogP contribution in [0.25, 0.3) is 0 Å². The van der Waals surface area contributed by atoms with Gasteiger partial charge < -0.3 is 11.1 Å². The minimum Gasteiger partial charge on any atom is -0.366 e. The van der Waals surface area contributed by atoms with Crippen molar-refractivity contribution in [1.82, 2.24) is 0 Å². The minimum absolute atomic E-state index is 0.0251. The highest BCUT2D eigenvalue weighted by Gasteiger charge is 2.39. The van der Waals surface area contributed by atoms with Crippen LogP contribution >= 0.6 is 0 Å². The third-order valence-corrected chi connectivity index (χ3v) is 2.95. The molecule has 1 aromatic rings. The minimum atomic E-state index is -0.849. The summed E-state index contributed by atoms with van der Waals surface area (Å²) in [6.45, 7) is 1.99. The fraction of sp³-hybridized carbons (Fsp3) is 0.333. The molecule has 0 unspecified atom stereocenters. The van der Waals surface area contributed by atoms with Crippen molar-refractivity contribution in [2.75, 3.05) is 5.32 Å². The van der Waals surface area contributed by atoms with Gasteiger partial charge in [-0.05, 0) is 30.5 Å². The largest absolute Gasteiger partial charge is 0.366 e. The summed E-state index contributed by atoms with van der Waals surface area (Å²) in [4.78, 5) is 22.6. The van der Waals surface area contributed by atoms with Crippen molar-refractivity contribution in [2.45, 2.75) is 13.3 Å². The lowest BCUT2D eigenvalue weighted by molar-refractivity contribution is -0.117. The molecular formula is C12H13FN2O2. The lowest BCUT2D eigenvalue weighted by atomic mass is 10.1. The molecule has 0 aromatic heterocycles. The van der Waals surface area contributed by atoms with Crippen molar-refractivity contribution in [3.63, 3.8) is 0 Å². The highest BCUT2D eigenvalue weighted by molar-refractivity contribution is 5.97. The van der Waals surface area contributed by atoms with Crippen molar-refractivity contribution in [3.8, 4) is 0 Å². The van der Waals surface area contributed by atoms with Crippen molar-refractivity contribution < 1.29 is 14.0 Å². The van der Waals surface area contributed by atoms with Crippen LogP contribution in [0.15, 0.2) is 18.2 Å². The molecule has 1 fully saturated rings. The van der Waals surface area contributed by atoms with Crippen LogP contribution < -0.4 is 11.1 Å². The van der Waals surface area contributed by atoms with Crippen LogP contribution in [0.5, 0.6) is 0 Å². The smallest absolute Gasteiger partial charge is 0.251 e. The second kappa shape index (κ2) is 4.16. The fourth-order valence-corrected chi connectivity index (χ4v) is 1.71. The molecule has 2 rings (SSSR count). The Bertz CT molecular complexity index is 487. The van der Waals surface area contributed by atoms with Gasteiger partial charge in [0.15, 0.2) is 0 Å². The topological polar surface area (TPSA) is 72.2 Å². The Hall–Kier alpha value is -1.91.